The molecule has 0 bridgehead atoms. The molecule has 0 aromatic heterocycles. The van der Waals surface area contributed by atoms with Gasteiger partial charge < -0.3 is 24.5 Å². The van der Waals surface area contributed by atoms with Gasteiger partial charge in [-0.05, 0) is 6.92 Å². The van der Waals surface area contributed by atoms with E-state index in [0.29, 0.717) is 0 Å². The molecule has 0 saturated heterocycles. The molecule has 0 aliphatic rings. The standard InChI is InChI=1S/C10H16O7/c1-5(12)9(16-6(2)13)10(8(15)4-11)17-7(3)14/h4-5,8-10,12,15H,1-3H3/t5-,8+,9-,10-/m0/s1. The van der Waals surface area contributed by atoms with Gasteiger partial charge in [0.05, 0.1) is 6.10 Å². The highest BCUT2D eigenvalue weighted by molar-refractivity contribution is 5.68. The minimum atomic E-state index is -1.68. The zero-order chi connectivity index (χ0) is 13.6. The van der Waals surface area contributed by atoms with Crippen LogP contribution in [0.4, 0.5) is 0 Å². The maximum Gasteiger partial charge on any atom is 0.303 e. The van der Waals surface area contributed by atoms with E-state index in [1.54, 1.807) is 0 Å². The fourth-order valence-electron chi connectivity index (χ4n) is 1.23. The summed E-state index contributed by atoms with van der Waals surface area (Å²) in [5.41, 5.74) is 0. The van der Waals surface area contributed by atoms with E-state index in [0.717, 1.165) is 13.8 Å². The lowest BCUT2D eigenvalue weighted by molar-refractivity contribution is -0.184. The van der Waals surface area contributed by atoms with Crippen LogP contribution in [0.25, 0.3) is 0 Å². The summed E-state index contributed by atoms with van der Waals surface area (Å²) in [6.07, 6.45) is -5.51. The van der Waals surface area contributed by atoms with E-state index < -0.39 is 36.4 Å². The zero-order valence-corrected chi connectivity index (χ0v) is 9.82. The molecule has 0 rings (SSSR count). The predicted molar refractivity (Wildman–Crippen MR) is 54.9 cm³/mol. The van der Waals surface area contributed by atoms with Gasteiger partial charge in [0.25, 0.3) is 0 Å². The number of hydrogen-bond donors (Lipinski definition) is 2. The minimum absolute atomic E-state index is 0.131. The lowest BCUT2D eigenvalue weighted by Gasteiger charge is -2.29. The second-order valence-electron chi connectivity index (χ2n) is 3.52. The van der Waals surface area contributed by atoms with Crippen molar-refractivity contribution in [2.75, 3.05) is 0 Å². The first-order valence-electron chi connectivity index (χ1n) is 4.95. The number of aldehydes is 1. The van der Waals surface area contributed by atoms with Gasteiger partial charge in [0.2, 0.25) is 0 Å². The van der Waals surface area contributed by atoms with E-state index in [1.165, 1.54) is 6.92 Å². The third-order valence-electron chi connectivity index (χ3n) is 1.88. The molecule has 0 aromatic rings. The van der Waals surface area contributed by atoms with Crippen LogP contribution in [-0.4, -0.2) is 52.9 Å². The molecule has 0 aliphatic heterocycles. The molecular formula is C10H16O7. The van der Waals surface area contributed by atoms with Crippen molar-refractivity contribution in [1.82, 2.24) is 0 Å². The Hall–Kier alpha value is -1.47. The molecular weight excluding hydrogens is 232 g/mol. The van der Waals surface area contributed by atoms with Crippen molar-refractivity contribution in [2.45, 2.75) is 45.2 Å². The molecule has 0 saturated carbocycles. The SMILES string of the molecule is CC(=O)O[C@H]([C@@H](OC(C)=O)[C@H](O)C=O)[C@H](C)O. The van der Waals surface area contributed by atoms with Crippen molar-refractivity contribution in [3.63, 3.8) is 0 Å². The fourth-order valence-corrected chi connectivity index (χ4v) is 1.23. The Bertz CT molecular complexity index is 286. The summed E-state index contributed by atoms with van der Waals surface area (Å²) in [5.74, 6) is -1.50. The number of ether oxygens (including phenoxy) is 2. The van der Waals surface area contributed by atoms with Gasteiger partial charge in [0, 0.05) is 13.8 Å². The molecule has 0 aliphatic carbocycles. The molecule has 7 nitrogen and oxygen atoms in total. The van der Waals surface area contributed by atoms with Gasteiger partial charge in [0.15, 0.2) is 18.5 Å². The minimum Gasteiger partial charge on any atom is -0.456 e. The normalized spacial score (nSPS) is 17.5. The monoisotopic (exact) mass is 248 g/mol. The van der Waals surface area contributed by atoms with Crippen LogP contribution in [-0.2, 0) is 23.9 Å². The van der Waals surface area contributed by atoms with Crippen molar-refractivity contribution in [1.29, 1.82) is 0 Å². The largest absolute Gasteiger partial charge is 0.456 e. The quantitative estimate of drug-likeness (QED) is 0.448. The topological polar surface area (TPSA) is 110 Å². The third kappa shape index (κ3) is 5.41. The molecule has 98 valence electrons. The number of carbonyl (C=O) groups excluding carboxylic acids is 3. The molecule has 17 heavy (non-hydrogen) atoms. The highest BCUT2D eigenvalue weighted by atomic mass is 16.6. The Morgan fingerprint density at radius 3 is 1.76 bits per heavy atom. The fraction of sp³-hybridized carbons (Fsp3) is 0.700. The number of hydrogen-bond acceptors (Lipinski definition) is 7. The first-order chi connectivity index (χ1) is 7.79. The summed E-state index contributed by atoms with van der Waals surface area (Å²) in [6.45, 7) is 3.44. The van der Waals surface area contributed by atoms with Gasteiger partial charge in [-0.2, -0.15) is 0 Å². The number of esters is 2. The maximum atomic E-state index is 10.8. The lowest BCUT2D eigenvalue weighted by Crippen LogP contribution is -2.48. The van der Waals surface area contributed by atoms with Gasteiger partial charge in [-0.15, -0.1) is 0 Å². The first-order valence-corrected chi connectivity index (χ1v) is 4.95. The van der Waals surface area contributed by atoms with Crippen LogP contribution >= 0.6 is 0 Å². The highest BCUT2D eigenvalue weighted by Crippen LogP contribution is 2.13. The van der Waals surface area contributed by atoms with Crippen LogP contribution in [0.5, 0.6) is 0 Å². The molecule has 0 spiro atoms. The van der Waals surface area contributed by atoms with Crippen LogP contribution in [0, 0.1) is 0 Å². The average Bonchev–Trinajstić information content (AvgIpc) is 2.21. The second kappa shape index (κ2) is 6.97. The van der Waals surface area contributed by atoms with E-state index >= 15 is 0 Å². The van der Waals surface area contributed by atoms with Gasteiger partial charge >= 0.3 is 11.9 Å². The van der Waals surface area contributed by atoms with Crippen molar-refractivity contribution in [3.05, 3.63) is 0 Å². The number of rotatable bonds is 6. The summed E-state index contributed by atoms with van der Waals surface area (Å²) >= 11 is 0. The summed E-state index contributed by atoms with van der Waals surface area (Å²) < 4.78 is 9.38. The lowest BCUT2D eigenvalue weighted by atomic mass is 10.0. The van der Waals surface area contributed by atoms with Crippen LogP contribution in [0.3, 0.4) is 0 Å². The summed E-state index contributed by atoms with van der Waals surface area (Å²) in [7, 11) is 0. The van der Waals surface area contributed by atoms with E-state index in [-0.39, 0.29) is 6.29 Å². The van der Waals surface area contributed by atoms with Gasteiger partial charge in [-0.25, -0.2) is 0 Å². The van der Waals surface area contributed by atoms with E-state index in [9.17, 15) is 24.6 Å². The average molecular weight is 248 g/mol. The first kappa shape index (κ1) is 15.5. The Labute approximate surface area is 98.3 Å². The summed E-state index contributed by atoms with van der Waals surface area (Å²) in [6, 6.07) is 0. The smallest absolute Gasteiger partial charge is 0.303 e. The van der Waals surface area contributed by atoms with Crippen molar-refractivity contribution >= 4 is 18.2 Å². The van der Waals surface area contributed by atoms with Gasteiger partial charge in [0.1, 0.15) is 6.10 Å². The summed E-state index contributed by atoms with van der Waals surface area (Å²) in [5, 5.41) is 18.7. The van der Waals surface area contributed by atoms with E-state index in [4.69, 9.17) is 4.74 Å². The van der Waals surface area contributed by atoms with Crippen LogP contribution in [0.2, 0.25) is 0 Å². The molecule has 4 atom stereocenters. The summed E-state index contributed by atoms with van der Waals surface area (Å²) in [4.78, 5) is 32.1. The number of aliphatic hydroxyl groups excluding tert-OH is 2. The Kier molecular flexibility index (Phi) is 6.37. The zero-order valence-electron chi connectivity index (χ0n) is 9.82. The van der Waals surface area contributed by atoms with E-state index in [2.05, 4.69) is 4.74 Å². The number of aliphatic hydroxyl groups is 2. The maximum absolute atomic E-state index is 10.8. The second-order valence-corrected chi connectivity index (χ2v) is 3.52. The van der Waals surface area contributed by atoms with Crippen LogP contribution in [0.1, 0.15) is 20.8 Å². The van der Waals surface area contributed by atoms with Crippen molar-refractivity contribution < 1.29 is 34.1 Å². The van der Waals surface area contributed by atoms with Crippen molar-refractivity contribution in [3.8, 4) is 0 Å². The molecule has 7 heteroatoms. The van der Waals surface area contributed by atoms with Gasteiger partial charge in [-0.3, -0.25) is 9.59 Å². The Morgan fingerprint density at radius 2 is 1.47 bits per heavy atom. The van der Waals surface area contributed by atoms with Crippen LogP contribution < -0.4 is 0 Å². The third-order valence-corrected chi connectivity index (χ3v) is 1.88. The Morgan fingerprint density at radius 1 is 1.06 bits per heavy atom. The molecule has 0 aromatic carbocycles. The molecule has 2 N–H and O–H groups in total. The predicted octanol–water partition coefficient (Wildman–Crippen LogP) is -1.21. The van der Waals surface area contributed by atoms with Gasteiger partial charge in [-0.1, -0.05) is 0 Å². The molecule has 0 unspecified atom stereocenters. The molecule has 0 heterocycles. The van der Waals surface area contributed by atoms with Crippen molar-refractivity contribution in [2.24, 2.45) is 0 Å². The molecule has 0 radical (unpaired) electrons. The van der Waals surface area contributed by atoms with E-state index in [1.807, 2.05) is 0 Å². The highest BCUT2D eigenvalue weighted by Gasteiger charge is 2.36. The van der Waals surface area contributed by atoms with Crippen LogP contribution in [0.15, 0.2) is 0 Å². The molecule has 0 fully saturated rings. The Balaban J connectivity index is 4.98. The number of carbonyl (C=O) groups is 3. The molecule has 0 amide bonds.